The van der Waals surface area contributed by atoms with E-state index in [4.69, 9.17) is 10.5 Å². The molecule has 1 heterocycles. The maximum atomic E-state index is 5.97. The average molecular weight is 509 g/mol. The van der Waals surface area contributed by atoms with Crippen molar-refractivity contribution >= 4 is 12.1 Å². The van der Waals surface area contributed by atoms with Crippen LogP contribution in [0.25, 0.3) is 0 Å². The van der Waals surface area contributed by atoms with E-state index >= 15 is 0 Å². The molecule has 0 amide bonds. The molecule has 3 rings (SSSR count). The van der Waals surface area contributed by atoms with Gasteiger partial charge in [0, 0.05) is 24.3 Å². The van der Waals surface area contributed by atoms with Crippen molar-refractivity contribution in [2.75, 3.05) is 0 Å². The summed E-state index contributed by atoms with van der Waals surface area (Å²) in [6, 6.07) is 9.16. The number of benzene rings is 1. The van der Waals surface area contributed by atoms with Crippen molar-refractivity contribution in [1.29, 1.82) is 0 Å². The molecule has 1 fully saturated rings. The zero-order valence-corrected chi connectivity index (χ0v) is 16.5. The Morgan fingerprint density at radius 3 is 2.76 bits per heavy atom. The molecule has 0 spiro atoms. The van der Waals surface area contributed by atoms with Crippen LogP contribution in [-0.2, 0) is 0 Å². The van der Waals surface area contributed by atoms with E-state index < -0.39 is 0 Å². The number of amidine groups is 1. The first kappa shape index (κ1) is 18.3. The molecule has 4 nitrogen and oxygen atoms in total. The molecule has 0 radical (unpaired) electrons. The Kier molecular flexibility index (Phi) is 7.48. The molecule has 1 unspecified atom stereocenters. The van der Waals surface area contributed by atoms with Crippen LogP contribution < -0.4 is 10.5 Å². The average Bonchev–Trinajstić information content (AvgIpc) is 2.92. The van der Waals surface area contributed by atoms with Crippen molar-refractivity contribution in [3.63, 3.8) is 0 Å². The monoisotopic (exact) mass is 509 g/mol. The summed E-state index contributed by atoms with van der Waals surface area (Å²) in [5.74, 6) is 1.61. The summed E-state index contributed by atoms with van der Waals surface area (Å²) in [5, 5.41) is 7.77. The van der Waals surface area contributed by atoms with Gasteiger partial charge in [-0.15, -0.1) is 22.8 Å². The van der Waals surface area contributed by atoms with E-state index in [1.807, 2.05) is 24.4 Å². The number of hydrogen-bond donors (Lipinski definition) is 1. The Hall–Kier alpha value is -0.788. The second-order valence-electron chi connectivity index (χ2n) is 5.18. The SMILES string of the molecule is NC1=NN=CC(c2cc[c-]c(OC3CCCC3)c2)C1.[CH3-].[U+2]. The van der Waals surface area contributed by atoms with Gasteiger partial charge in [0.1, 0.15) is 5.84 Å². The van der Waals surface area contributed by atoms with E-state index in [0.717, 1.165) is 30.6 Å². The van der Waals surface area contributed by atoms with Crippen LogP contribution in [-0.4, -0.2) is 18.2 Å². The van der Waals surface area contributed by atoms with Crippen LogP contribution in [0.5, 0.6) is 5.75 Å². The number of ether oxygens (including phenoxy) is 1. The Labute approximate surface area is 150 Å². The van der Waals surface area contributed by atoms with Crippen molar-refractivity contribution in [3.8, 4) is 5.75 Å². The van der Waals surface area contributed by atoms with Crippen LogP contribution in [0.1, 0.15) is 43.6 Å². The Balaban J connectivity index is 0.00000110. The predicted octanol–water partition coefficient (Wildman–Crippen LogP) is 3.09. The molecule has 1 aromatic carbocycles. The Bertz CT molecular complexity index is 510. The summed E-state index contributed by atoms with van der Waals surface area (Å²) < 4.78 is 5.97. The molecule has 5 heteroatoms. The molecule has 0 saturated heterocycles. The predicted molar refractivity (Wildman–Crippen MR) is 82.0 cm³/mol. The van der Waals surface area contributed by atoms with Gasteiger partial charge >= 0.3 is 31.1 Å². The summed E-state index contributed by atoms with van der Waals surface area (Å²) in [7, 11) is 0. The number of hydrogen-bond acceptors (Lipinski definition) is 4. The maximum absolute atomic E-state index is 5.97. The fourth-order valence-electron chi connectivity index (χ4n) is 2.66. The zero-order chi connectivity index (χ0) is 13.1. The molecule has 1 saturated carbocycles. The van der Waals surface area contributed by atoms with E-state index in [9.17, 15) is 0 Å². The molecule has 110 valence electrons. The summed E-state index contributed by atoms with van der Waals surface area (Å²) in [4.78, 5) is 0. The summed E-state index contributed by atoms with van der Waals surface area (Å²) >= 11 is 0. The van der Waals surface area contributed by atoms with Gasteiger partial charge in [0.05, 0.1) is 6.10 Å². The van der Waals surface area contributed by atoms with Gasteiger partial charge in [0.2, 0.25) is 0 Å². The van der Waals surface area contributed by atoms with E-state index in [1.54, 1.807) is 0 Å². The largest absolute Gasteiger partial charge is 2.00 e. The van der Waals surface area contributed by atoms with Gasteiger partial charge in [-0.2, -0.15) is 17.2 Å². The normalized spacial score (nSPS) is 21.1. The third-order valence-corrected chi connectivity index (χ3v) is 3.68. The van der Waals surface area contributed by atoms with Crippen LogP contribution in [0.4, 0.5) is 0 Å². The van der Waals surface area contributed by atoms with Gasteiger partial charge in [-0.05, 0) is 25.7 Å². The second-order valence-corrected chi connectivity index (χ2v) is 5.18. The second kappa shape index (κ2) is 8.61. The summed E-state index contributed by atoms with van der Waals surface area (Å²) in [6.07, 6.45) is 7.77. The van der Waals surface area contributed by atoms with Crippen molar-refractivity contribution in [2.45, 2.75) is 44.1 Å². The van der Waals surface area contributed by atoms with Gasteiger partial charge in [-0.1, -0.05) is 0 Å². The van der Waals surface area contributed by atoms with Gasteiger partial charge in [-0.25, -0.2) is 0 Å². The fourth-order valence-corrected chi connectivity index (χ4v) is 2.66. The first-order valence-corrected chi connectivity index (χ1v) is 6.85. The molecule has 0 aromatic heterocycles. The van der Waals surface area contributed by atoms with E-state index in [2.05, 4.69) is 16.3 Å². The Morgan fingerprint density at radius 2 is 2.05 bits per heavy atom. The minimum atomic E-state index is 0. The third kappa shape index (κ3) is 4.86. The van der Waals surface area contributed by atoms with E-state index in [0.29, 0.717) is 11.9 Å². The molecule has 2 N–H and O–H groups in total. The smallest absolute Gasteiger partial charge is 0.516 e. The van der Waals surface area contributed by atoms with Crippen molar-refractivity contribution in [3.05, 3.63) is 37.3 Å². The van der Waals surface area contributed by atoms with Crippen molar-refractivity contribution < 1.29 is 35.9 Å². The quantitative estimate of drug-likeness (QED) is 0.637. The summed E-state index contributed by atoms with van der Waals surface area (Å²) in [6.45, 7) is 0. The van der Waals surface area contributed by atoms with Gasteiger partial charge in [0.15, 0.2) is 0 Å². The van der Waals surface area contributed by atoms with E-state index in [1.165, 1.54) is 12.8 Å². The molecule has 21 heavy (non-hydrogen) atoms. The minimum Gasteiger partial charge on any atom is -0.516 e. The van der Waals surface area contributed by atoms with E-state index in [-0.39, 0.29) is 44.5 Å². The molecule has 1 aliphatic heterocycles. The molecular formula is C16H21N3OU. The number of nitrogens with two attached hydrogens (primary N) is 1. The third-order valence-electron chi connectivity index (χ3n) is 3.68. The maximum Gasteiger partial charge on any atom is 2.00 e. The number of nitrogens with zero attached hydrogens (tertiary/aromatic N) is 2. The van der Waals surface area contributed by atoms with Gasteiger partial charge in [-0.3, -0.25) is 0 Å². The first-order chi connectivity index (χ1) is 9.31. The number of rotatable bonds is 3. The van der Waals surface area contributed by atoms with Crippen molar-refractivity contribution in [2.24, 2.45) is 15.9 Å². The first-order valence-electron chi connectivity index (χ1n) is 6.85. The molecule has 0 bridgehead atoms. The molecular weight excluding hydrogens is 488 g/mol. The molecule has 1 atom stereocenters. The van der Waals surface area contributed by atoms with Crippen LogP contribution in [0.3, 0.4) is 0 Å². The standard InChI is InChI=1S/C15H18N3O.CH3.U/c16-15-9-12(10-17-18-15)11-4-3-7-14(8-11)19-13-5-1-2-6-13;;/h3-4,8,10,12-13H,1-2,5-6,9H2,(H2,16,18);1H3;/q2*-1;+2. The fraction of sp³-hybridized carbons (Fsp3) is 0.438. The van der Waals surface area contributed by atoms with Crippen molar-refractivity contribution in [1.82, 2.24) is 0 Å². The van der Waals surface area contributed by atoms with Crippen LogP contribution >= 0.6 is 0 Å². The minimum absolute atomic E-state index is 0. The summed E-state index contributed by atoms with van der Waals surface area (Å²) in [5.41, 5.74) is 6.89. The van der Waals surface area contributed by atoms with Crippen LogP contribution in [0.15, 0.2) is 28.4 Å². The van der Waals surface area contributed by atoms with Gasteiger partial charge < -0.3 is 17.9 Å². The topological polar surface area (TPSA) is 60.0 Å². The zero-order valence-electron chi connectivity index (χ0n) is 12.4. The Morgan fingerprint density at radius 1 is 1.29 bits per heavy atom. The van der Waals surface area contributed by atoms with Gasteiger partial charge in [0.25, 0.3) is 0 Å². The van der Waals surface area contributed by atoms with Crippen LogP contribution in [0, 0.1) is 44.6 Å². The molecule has 2 aliphatic rings. The van der Waals surface area contributed by atoms with Crippen LogP contribution in [0.2, 0.25) is 0 Å². The molecule has 1 aliphatic carbocycles. The molecule has 1 aromatic rings.